The molecule has 0 radical (unpaired) electrons. The number of nitrogens with zero attached hydrogens (tertiary/aromatic N) is 5. The Morgan fingerprint density at radius 2 is 1.90 bits per heavy atom. The molecular formula is C30H39ClN6O2. The second kappa shape index (κ2) is 10.7. The highest BCUT2D eigenvalue weighted by Crippen LogP contribution is 2.46. The summed E-state index contributed by atoms with van der Waals surface area (Å²) in [4.78, 5) is 15.4. The van der Waals surface area contributed by atoms with Crippen LogP contribution in [0.4, 0.5) is 5.82 Å². The topological polar surface area (TPSA) is 79.5 Å². The molecule has 2 saturated heterocycles. The van der Waals surface area contributed by atoms with Gasteiger partial charge in [-0.3, -0.25) is 4.90 Å². The number of hydrogen-bond acceptors (Lipinski definition) is 8. The average molecular weight is 551 g/mol. The van der Waals surface area contributed by atoms with Crippen LogP contribution in [0.15, 0.2) is 22.7 Å². The molecule has 6 rings (SSSR count). The van der Waals surface area contributed by atoms with Crippen molar-refractivity contribution in [2.45, 2.75) is 58.9 Å². The smallest absolute Gasteiger partial charge is 0.163 e. The Labute approximate surface area is 236 Å². The lowest BCUT2D eigenvalue weighted by atomic mass is 9.72. The standard InChI is InChI=1S/C30H39ClN6O2/c1-19-27(26-20(2)35-39-21(26)3)33-28(24-16-23(8-9-25(24)31)38-15-5-12-32-4)34-29(19)36-13-10-30(11-14-36)17-37(18-30)22-6-7-22/h8-9,16,22,32H,5-7,10-15,17-18H2,1-4H3. The summed E-state index contributed by atoms with van der Waals surface area (Å²) in [6.45, 7) is 12.1. The number of aromatic nitrogens is 3. The lowest BCUT2D eigenvalue weighted by Gasteiger charge is -2.54. The van der Waals surface area contributed by atoms with Crippen LogP contribution in [-0.4, -0.2) is 72.4 Å². The molecule has 4 heterocycles. The highest BCUT2D eigenvalue weighted by Gasteiger charge is 2.49. The van der Waals surface area contributed by atoms with E-state index in [9.17, 15) is 0 Å². The van der Waals surface area contributed by atoms with E-state index in [1.54, 1.807) is 0 Å². The number of ether oxygens (including phenoxy) is 1. The lowest BCUT2D eigenvalue weighted by Crippen LogP contribution is -2.61. The Bertz CT molecular complexity index is 1320. The van der Waals surface area contributed by atoms with Gasteiger partial charge in [-0.2, -0.15) is 0 Å². The second-order valence-electron chi connectivity index (χ2n) is 11.6. The average Bonchev–Trinajstić information content (AvgIpc) is 3.70. The molecule has 2 aliphatic heterocycles. The summed E-state index contributed by atoms with van der Waals surface area (Å²) in [5.74, 6) is 3.09. The normalized spacial score (nSPS) is 18.9. The predicted molar refractivity (Wildman–Crippen MR) is 155 cm³/mol. The van der Waals surface area contributed by atoms with Crippen molar-refractivity contribution in [3.05, 3.63) is 40.2 Å². The minimum Gasteiger partial charge on any atom is -0.494 e. The summed E-state index contributed by atoms with van der Waals surface area (Å²) < 4.78 is 11.6. The van der Waals surface area contributed by atoms with E-state index in [2.05, 4.69) is 27.2 Å². The highest BCUT2D eigenvalue weighted by molar-refractivity contribution is 6.33. The van der Waals surface area contributed by atoms with Crippen LogP contribution in [0.3, 0.4) is 0 Å². The lowest BCUT2D eigenvalue weighted by molar-refractivity contribution is -0.0242. The van der Waals surface area contributed by atoms with Gasteiger partial charge in [-0.15, -0.1) is 0 Å². The van der Waals surface area contributed by atoms with Crippen LogP contribution in [0.5, 0.6) is 5.75 Å². The van der Waals surface area contributed by atoms with Crippen LogP contribution in [0.25, 0.3) is 22.6 Å². The molecule has 1 saturated carbocycles. The fraction of sp³-hybridized carbons (Fsp3) is 0.567. The van der Waals surface area contributed by atoms with Crippen molar-refractivity contribution in [2.75, 3.05) is 51.3 Å². The summed E-state index contributed by atoms with van der Waals surface area (Å²) >= 11 is 6.75. The van der Waals surface area contributed by atoms with Crippen LogP contribution >= 0.6 is 11.6 Å². The van der Waals surface area contributed by atoms with E-state index in [1.165, 1.54) is 38.8 Å². The first kappa shape index (κ1) is 26.5. The number of rotatable bonds is 9. The molecule has 2 aromatic heterocycles. The van der Waals surface area contributed by atoms with Gasteiger partial charge in [0.05, 0.1) is 28.6 Å². The quantitative estimate of drug-likeness (QED) is 0.353. The zero-order valence-corrected chi connectivity index (χ0v) is 24.3. The highest BCUT2D eigenvalue weighted by atomic mass is 35.5. The predicted octanol–water partition coefficient (Wildman–Crippen LogP) is 5.43. The van der Waals surface area contributed by atoms with Crippen molar-refractivity contribution in [3.8, 4) is 28.4 Å². The van der Waals surface area contributed by atoms with Gasteiger partial charge in [0.2, 0.25) is 0 Å². The Hall–Kier alpha value is -2.68. The first-order valence-corrected chi connectivity index (χ1v) is 14.6. The number of piperidine rings is 1. The molecule has 39 heavy (non-hydrogen) atoms. The van der Waals surface area contributed by atoms with Crippen molar-refractivity contribution in [1.29, 1.82) is 0 Å². The number of aryl methyl sites for hydroxylation is 2. The molecule has 0 atom stereocenters. The van der Waals surface area contributed by atoms with E-state index in [0.717, 1.165) is 77.5 Å². The molecule has 8 nitrogen and oxygen atoms in total. The van der Waals surface area contributed by atoms with E-state index in [4.69, 9.17) is 30.8 Å². The summed E-state index contributed by atoms with van der Waals surface area (Å²) in [5.41, 5.74) is 4.91. The maximum atomic E-state index is 6.75. The third-order valence-corrected chi connectivity index (χ3v) is 9.00. The summed E-state index contributed by atoms with van der Waals surface area (Å²) in [6.07, 6.45) is 6.10. The van der Waals surface area contributed by atoms with Crippen LogP contribution in [-0.2, 0) is 0 Å². The molecule has 0 amide bonds. The number of benzene rings is 1. The molecule has 1 spiro atoms. The zero-order chi connectivity index (χ0) is 27.1. The fourth-order valence-electron chi connectivity index (χ4n) is 6.22. The van der Waals surface area contributed by atoms with Crippen molar-refractivity contribution < 1.29 is 9.26 Å². The van der Waals surface area contributed by atoms with Gasteiger partial charge in [0.25, 0.3) is 0 Å². The molecule has 208 valence electrons. The van der Waals surface area contributed by atoms with E-state index in [1.807, 2.05) is 39.1 Å². The SMILES string of the molecule is CNCCCOc1ccc(Cl)c(-c2nc(-c3c(C)noc3C)c(C)c(N3CCC4(CC3)CN(C3CC3)C4)n2)c1. The molecule has 1 N–H and O–H groups in total. The van der Waals surface area contributed by atoms with Crippen molar-refractivity contribution in [2.24, 2.45) is 5.41 Å². The van der Waals surface area contributed by atoms with Crippen molar-refractivity contribution in [1.82, 2.24) is 25.3 Å². The number of hydrogen-bond donors (Lipinski definition) is 1. The van der Waals surface area contributed by atoms with Gasteiger partial charge in [0, 0.05) is 43.3 Å². The zero-order valence-electron chi connectivity index (χ0n) is 23.5. The molecule has 0 bridgehead atoms. The number of likely N-dealkylation sites (tertiary alicyclic amines) is 1. The fourth-order valence-corrected chi connectivity index (χ4v) is 6.43. The summed E-state index contributed by atoms with van der Waals surface area (Å²) in [6, 6.07) is 6.60. The molecule has 3 fully saturated rings. The van der Waals surface area contributed by atoms with Crippen molar-refractivity contribution in [3.63, 3.8) is 0 Å². The Balaban J connectivity index is 1.33. The largest absolute Gasteiger partial charge is 0.494 e. The second-order valence-corrected chi connectivity index (χ2v) is 12.0. The van der Waals surface area contributed by atoms with Crippen LogP contribution in [0.1, 0.15) is 49.1 Å². The monoisotopic (exact) mass is 550 g/mol. The summed E-state index contributed by atoms with van der Waals surface area (Å²) in [5, 5.41) is 7.97. The van der Waals surface area contributed by atoms with Crippen LogP contribution < -0.4 is 15.0 Å². The first-order chi connectivity index (χ1) is 18.9. The molecule has 1 aromatic carbocycles. The maximum absolute atomic E-state index is 6.75. The van der Waals surface area contributed by atoms with Gasteiger partial charge in [0.15, 0.2) is 5.82 Å². The van der Waals surface area contributed by atoms with Crippen LogP contribution in [0, 0.1) is 26.2 Å². The van der Waals surface area contributed by atoms with Gasteiger partial charge < -0.3 is 19.5 Å². The third-order valence-electron chi connectivity index (χ3n) is 8.67. The number of halogens is 1. The number of anilines is 1. The number of nitrogens with one attached hydrogen (secondary N) is 1. The van der Waals surface area contributed by atoms with Crippen molar-refractivity contribution >= 4 is 17.4 Å². The van der Waals surface area contributed by atoms with Gasteiger partial charge in [0.1, 0.15) is 17.3 Å². The minimum absolute atomic E-state index is 0.482. The summed E-state index contributed by atoms with van der Waals surface area (Å²) in [7, 11) is 1.94. The molecule has 1 aliphatic carbocycles. The Morgan fingerprint density at radius 1 is 1.13 bits per heavy atom. The molecular weight excluding hydrogens is 512 g/mol. The Kier molecular flexibility index (Phi) is 7.29. The van der Waals surface area contributed by atoms with Gasteiger partial charge in [-0.1, -0.05) is 16.8 Å². The van der Waals surface area contributed by atoms with E-state index >= 15 is 0 Å². The molecule has 0 unspecified atom stereocenters. The van der Waals surface area contributed by atoms with Gasteiger partial charge in [-0.25, -0.2) is 9.97 Å². The minimum atomic E-state index is 0.482. The van der Waals surface area contributed by atoms with E-state index in [0.29, 0.717) is 22.9 Å². The van der Waals surface area contributed by atoms with Gasteiger partial charge in [-0.05, 0) is 90.1 Å². The molecule has 3 aliphatic rings. The first-order valence-electron chi connectivity index (χ1n) is 14.3. The third kappa shape index (κ3) is 5.26. The van der Waals surface area contributed by atoms with E-state index < -0.39 is 0 Å². The van der Waals surface area contributed by atoms with Gasteiger partial charge >= 0.3 is 0 Å². The molecule has 3 aromatic rings. The van der Waals surface area contributed by atoms with Crippen LogP contribution in [0.2, 0.25) is 5.02 Å². The maximum Gasteiger partial charge on any atom is 0.163 e. The van der Waals surface area contributed by atoms with E-state index in [-0.39, 0.29) is 0 Å². The molecule has 9 heteroatoms. The Morgan fingerprint density at radius 3 is 2.56 bits per heavy atom.